The van der Waals surface area contributed by atoms with Crippen molar-refractivity contribution < 1.29 is 32.2 Å². The average molecular weight is 382 g/mol. The Morgan fingerprint density at radius 2 is 1.92 bits per heavy atom. The monoisotopic (exact) mass is 382 g/mol. The van der Waals surface area contributed by atoms with Crippen LogP contribution in [0.3, 0.4) is 0 Å². The third kappa shape index (κ3) is 2.85. The maximum Gasteiger partial charge on any atom is 0.316 e. The molecule has 3 heterocycles. The number of fused-ring (bicyclic) bond motifs is 2. The van der Waals surface area contributed by atoms with Gasteiger partial charge in [0.25, 0.3) is 0 Å². The van der Waals surface area contributed by atoms with E-state index in [2.05, 4.69) is 0 Å². The summed E-state index contributed by atoms with van der Waals surface area (Å²) < 4.78 is 48.6. The first-order valence-electron chi connectivity index (χ1n) is 8.71. The third-order valence-electron chi connectivity index (χ3n) is 5.49. The highest BCUT2D eigenvalue weighted by molar-refractivity contribution is 7.91. The van der Waals surface area contributed by atoms with Gasteiger partial charge in [-0.1, -0.05) is 18.2 Å². The maximum absolute atomic E-state index is 12.9. The molecule has 3 aliphatic heterocycles. The molecule has 2 bridgehead atoms. The zero-order chi connectivity index (χ0) is 18.4. The number of hydrogen-bond donors (Lipinski definition) is 0. The van der Waals surface area contributed by atoms with Crippen molar-refractivity contribution in [1.82, 2.24) is 0 Å². The van der Waals surface area contributed by atoms with Crippen molar-refractivity contribution in [2.24, 2.45) is 5.92 Å². The molecule has 142 valence electrons. The van der Waals surface area contributed by atoms with E-state index in [4.69, 9.17) is 18.9 Å². The molecule has 1 aromatic carbocycles. The van der Waals surface area contributed by atoms with Gasteiger partial charge in [-0.25, -0.2) is 8.42 Å². The normalized spacial score (nSPS) is 32.7. The van der Waals surface area contributed by atoms with Gasteiger partial charge in [-0.3, -0.25) is 4.79 Å². The Balaban J connectivity index is 1.66. The van der Waals surface area contributed by atoms with Gasteiger partial charge in [-0.15, -0.1) is 0 Å². The molecule has 0 aromatic heterocycles. The van der Waals surface area contributed by atoms with Crippen LogP contribution in [0.2, 0.25) is 0 Å². The summed E-state index contributed by atoms with van der Waals surface area (Å²) in [4.78, 5) is 12.6. The zero-order valence-corrected chi connectivity index (χ0v) is 15.4. The summed E-state index contributed by atoms with van der Waals surface area (Å²) in [5.41, 5.74) is -0.922. The summed E-state index contributed by atoms with van der Waals surface area (Å²) in [5, 5.41) is 0. The van der Waals surface area contributed by atoms with E-state index >= 15 is 0 Å². The molecule has 3 aliphatic rings. The third-order valence-corrected chi connectivity index (χ3v) is 7.38. The van der Waals surface area contributed by atoms with Gasteiger partial charge >= 0.3 is 5.97 Å². The summed E-state index contributed by atoms with van der Waals surface area (Å²) in [6, 6.07) is 8.33. The van der Waals surface area contributed by atoms with E-state index in [9.17, 15) is 13.2 Å². The van der Waals surface area contributed by atoms with Gasteiger partial charge in [0.2, 0.25) is 0 Å². The Kier molecular flexibility index (Phi) is 4.34. The molecular weight excluding hydrogens is 360 g/mol. The molecule has 26 heavy (non-hydrogen) atoms. The molecule has 1 aromatic rings. The minimum absolute atomic E-state index is 0.164. The lowest BCUT2D eigenvalue weighted by molar-refractivity contribution is -0.280. The predicted octanol–water partition coefficient (Wildman–Crippen LogP) is 1.31. The van der Waals surface area contributed by atoms with Crippen LogP contribution >= 0.6 is 0 Å². The fraction of sp³-hybridized carbons (Fsp3) is 0.611. The molecule has 0 radical (unpaired) electrons. The van der Waals surface area contributed by atoms with Gasteiger partial charge < -0.3 is 18.9 Å². The van der Waals surface area contributed by atoms with Crippen LogP contribution in [0, 0.1) is 5.92 Å². The van der Waals surface area contributed by atoms with Crippen molar-refractivity contribution >= 4 is 15.8 Å². The standard InChI is InChI=1S/C18H22O7S/c1-22-16(19)15-14-7-8-17(25-14,11-18(15)23-9-10-24-18)12-26(20,21)13-5-3-2-4-6-13/h2-6,14-15H,7-12H2,1H3/t14-,15-,17+/m1/s1. The number of methoxy groups -OCH3 is 1. The van der Waals surface area contributed by atoms with Gasteiger partial charge in [0.1, 0.15) is 5.92 Å². The van der Waals surface area contributed by atoms with Crippen molar-refractivity contribution in [2.45, 2.75) is 41.7 Å². The number of rotatable bonds is 4. The Hall–Kier alpha value is -1.48. The van der Waals surface area contributed by atoms with E-state index < -0.39 is 39.2 Å². The van der Waals surface area contributed by atoms with E-state index in [-0.39, 0.29) is 17.1 Å². The van der Waals surface area contributed by atoms with Gasteiger partial charge in [0, 0.05) is 6.42 Å². The molecule has 3 fully saturated rings. The van der Waals surface area contributed by atoms with Crippen LogP contribution in [-0.4, -0.2) is 58.0 Å². The Morgan fingerprint density at radius 3 is 2.58 bits per heavy atom. The summed E-state index contributed by atoms with van der Waals surface area (Å²) >= 11 is 0. The summed E-state index contributed by atoms with van der Waals surface area (Å²) in [5.74, 6) is -2.48. The number of carbonyl (C=O) groups excluding carboxylic acids is 1. The molecule has 4 rings (SSSR count). The largest absolute Gasteiger partial charge is 0.469 e. The van der Waals surface area contributed by atoms with Crippen molar-refractivity contribution in [3.05, 3.63) is 30.3 Å². The highest BCUT2D eigenvalue weighted by Crippen LogP contribution is 2.53. The van der Waals surface area contributed by atoms with Crippen LogP contribution in [0.1, 0.15) is 19.3 Å². The number of esters is 1. The molecule has 0 aliphatic carbocycles. The van der Waals surface area contributed by atoms with Crippen LogP contribution in [-0.2, 0) is 33.6 Å². The number of ether oxygens (including phenoxy) is 4. The second-order valence-corrected chi connectivity index (χ2v) is 9.13. The Labute approximate surface area is 152 Å². The molecule has 1 spiro atoms. The van der Waals surface area contributed by atoms with Crippen molar-refractivity contribution in [1.29, 1.82) is 0 Å². The van der Waals surface area contributed by atoms with E-state index in [1.165, 1.54) is 7.11 Å². The molecule has 0 unspecified atom stereocenters. The lowest BCUT2D eigenvalue weighted by Gasteiger charge is -2.46. The molecule has 0 amide bonds. The van der Waals surface area contributed by atoms with Crippen molar-refractivity contribution in [3.8, 4) is 0 Å². The molecule has 3 atom stereocenters. The van der Waals surface area contributed by atoms with Crippen molar-refractivity contribution in [2.75, 3.05) is 26.1 Å². The van der Waals surface area contributed by atoms with Crippen LogP contribution in [0.5, 0.6) is 0 Å². The molecule has 0 saturated carbocycles. The molecule has 0 N–H and O–H groups in total. The van der Waals surface area contributed by atoms with Gasteiger partial charge in [-0.2, -0.15) is 0 Å². The highest BCUT2D eigenvalue weighted by atomic mass is 32.2. The summed E-state index contributed by atoms with van der Waals surface area (Å²) in [7, 11) is -2.22. The van der Waals surface area contributed by atoms with Crippen LogP contribution in [0.4, 0.5) is 0 Å². The number of hydrogen-bond acceptors (Lipinski definition) is 7. The van der Waals surface area contributed by atoms with Crippen molar-refractivity contribution in [3.63, 3.8) is 0 Å². The second-order valence-electron chi connectivity index (χ2n) is 7.14. The number of sulfone groups is 1. The lowest BCUT2D eigenvalue weighted by atomic mass is 9.84. The lowest BCUT2D eigenvalue weighted by Crippen LogP contribution is -2.59. The van der Waals surface area contributed by atoms with Gasteiger partial charge in [-0.05, 0) is 25.0 Å². The minimum Gasteiger partial charge on any atom is -0.469 e. The predicted molar refractivity (Wildman–Crippen MR) is 90.1 cm³/mol. The van der Waals surface area contributed by atoms with E-state index in [0.29, 0.717) is 26.1 Å². The Morgan fingerprint density at radius 1 is 1.23 bits per heavy atom. The van der Waals surface area contributed by atoms with E-state index in [0.717, 1.165) is 0 Å². The van der Waals surface area contributed by atoms with E-state index in [1.54, 1.807) is 30.3 Å². The first-order chi connectivity index (χ1) is 12.4. The van der Waals surface area contributed by atoms with Gasteiger partial charge in [0.15, 0.2) is 15.6 Å². The van der Waals surface area contributed by atoms with Crippen LogP contribution in [0.15, 0.2) is 35.2 Å². The number of benzene rings is 1. The summed E-state index contributed by atoms with van der Waals surface area (Å²) in [6.45, 7) is 0.726. The number of carbonyl (C=O) groups is 1. The van der Waals surface area contributed by atoms with Crippen LogP contribution in [0.25, 0.3) is 0 Å². The molecule has 8 heteroatoms. The zero-order valence-electron chi connectivity index (χ0n) is 14.6. The van der Waals surface area contributed by atoms with Gasteiger partial charge in [0.05, 0.1) is 42.7 Å². The fourth-order valence-electron chi connectivity index (χ4n) is 4.48. The molecule has 7 nitrogen and oxygen atoms in total. The smallest absolute Gasteiger partial charge is 0.316 e. The topological polar surface area (TPSA) is 88.1 Å². The maximum atomic E-state index is 12.9. The van der Waals surface area contributed by atoms with E-state index in [1.807, 2.05) is 0 Å². The first kappa shape index (κ1) is 17.9. The first-order valence-corrected chi connectivity index (χ1v) is 10.4. The average Bonchev–Trinajstić information content (AvgIpc) is 3.20. The second kappa shape index (κ2) is 6.30. The summed E-state index contributed by atoms with van der Waals surface area (Å²) in [6.07, 6.45) is 0.826. The Bertz CT molecular complexity index is 785. The quantitative estimate of drug-likeness (QED) is 0.726. The highest BCUT2D eigenvalue weighted by Gasteiger charge is 2.65. The minimum atomic E-state index is -3.55. The molecular formula is C18H22O7S. The van der Waals surface area contributed by atoms with Crippen LogP contribution < -0.4 is 0 Å². The SMILES string of the molecule is COC(=O)[C@H]1[C@H]2CC[C@@](CS(=O)(=O)c3ccccc3)(CC13OCCO3)O2. The fourth-order valence-corrected chi connectivity index (χ4v) is 6.22. The molecule has 3 saturated heterocycles.